The molecule has 2 nitrogen and oxygen atoms in total. The van der Waals surface area contributed by atoms with Gasteiger partial charge in [0, 0.05) is 18.2 Å². The number of hydrogen-bond donors (Lipinski definition) is 0. The third-order valence-electron chi connectivity index (χ3n) is 5.69. The Bertz CT molecular complexity index is 522. The van der Waals surface area contributed by atoms with Crippen LogP contribution in [0.5, 0.6) is 5.75 Å². The van der Waals surface area contributed by atoms with Crippen molar-refractivity contribution in [2.45, 2.75) is 70.4 Å². The lowest BCUT2D eigenvalue weighted by molar-refractivity contribution is 0.0914. The summed E-state index contributed by atoms with van der Waals surface area (Å²) in [6, 6.07) is 7.16. The average Bonchev–Trinajstić information content (AvgIpc) is 2.80. The average molecular weight is 370 g/mol. The zero-order valence-electron chi connectivity index (χ0n) is 14.6. The van der Waals surface area contributed by atoms with E-state index in [4.69, 9.17) is 27.9 Å². The first kappa shape index (κ1) is 18.4. The summed E-state index contributed by atoms with van der Waals surface area (Å²) in [5.41, 5.74) is 0. The van der Waals surface area contributed by atoms with Crippen molar-refractivity contribution < 1.29 is 4.74 Å². The van der Waals surface area contributed by atoms with Crippen LogP contribution in [-0.2, 0) is 0 Å². The normalized spacial score (nSPS) is 26.7. The molecule has 2 atom stereocenters. The Labute approximate surface area is 156 Å². The maximum atomic E-state index is 6.04. The molecule has 0 aromatic heterocycles. The van der Waals surface area contributed by atoms with E-state index in [-0.39, 0.29) is 0 Å². The minimum Gasteiger partial charge on any atom is -0.494 e. The molecule has 134 valence electrons. The number of rotatable bonds is 8. The van der Waals surface area contributed by atoms with E-state index in [1.165, 1.54) is 51.5 Å². The van der Waals surface area contributed by atoms with Gasteiger partial charge in [-0.15, -0.1) is 0 Å². The van der Waals surface area contributed by atoms with E-state index < -0.39 is 0 Å². The number of unbranched alkanes of at least 4 members (excludes halogenated alkanes) is 2. The summed E-state index contributed by atoms with van der Waals surface area (Å²) >= 11 is 12.0. The second-order valence-electron chi connectivity index (χ2n) is 7.38. The largest absolute Gasteiger partial charge is 0.494 e. The van der Waals surface area contributed by atoms with Gasteiger partial charge in [-0.3, -0.25) is 4.90 Å². The van der Waals surface area contributed by atoms with Crippen LogP contribution in [0.25, 0.3) is 0 Å². The van der Waals surface area contributed by atoms with E-state index in [0.717, 1.165) is 36.8 Å². The molecule has 2 aliphatic heterocycles. The molecule has 0 spiro atoms. The molecule has 1 aromatic carbocycles. The summed E-state index contributed by atoms with van der Waals surface area (Å²) in [4.78, 5) is 2.81. The molecule has 0 N–H and O–H groups in total. The van der Waals surface area contributed by atoms with Gasteiger partial charge in [0.15, 0.2) is 0 Å². The Morgan fingerprint density at radius 3 is 2.50 bits per heavy atom. The van der Waals surface area contributed by atoms with E-state index in [1.54, 1.807) is 6.07 Å². The van der Waals surface area contributed by atoms with Crippen LogP contribution < -0.4 is 4.74 Å². The molecule has 0 amide bonds. The predicted octanol–water partition coefficient (Wildman–Crippen LogP) is 6.20. The molecule has 1 aromatic rings. The third-order valence-corrected chi connectivity index (χ3v) is 6.43. The van der Waals surface area contributed by atoms with Gasteiger partial charge in [-0.1, -0.05) is 43.0 Å². The van der Waals surface area contributed by atoms with Crippen molar-refractivity contribution in [2.24, 2.45) is 5.92 Å². The van der Waals surface area contributed by atoms with Crippen LogP contribution >= 0.6 is 23.2 Å². The van der Waals surface area contributed by atoms with Crippen molar-refractivity contribution in [3.63, 3.8) is 0 Å². The highest BCUT2D eigenvalue weighted by Gasteiger charge is 2.39. The van der Waals surface area contributed by atoms with E-state index in [1.807, 2.05) is 12.1 Å². The summed E-state index contributed by atoms with van der Waals surface area (Å²) in [5.74, 6) is 1.64. The summed E-state index contributed by atoms with van der Waals surface area (Å²) in [5, 5.41) is 1.14. The predicted molar refractivity (Wildman–Crippen MR) is 102 cm³/mol. The van der Waals surface area contributed by atoms with Gasteiger partial charge in [-0.25, -0.2) is 0 Å². The van der Waals surface area contributed by atoms with Crippen LogP contribution in [0.1, 0.15) is 58.3 Å². The Kier molecular flexibility index (Phi) is 6.71. The Morgan fingerprint density at radius 2 is 1.83 bits per heavy atom. The van der Waals surface area contributed by atoms with Crippen molar-refractivity contribution in [1.29, 1.82) is 0 Å². The molecule has 24 heavy (non-hydrogen) atoms. The highest BCUT2D eigenvalue weighted by molar-refractivity contribution is 6.42. The molecule has 2 aliphatic rings. The van der Waals surface area contributed by atoms with Gasteiger partial charge in [0.1, 0.15) is 5.75 Å². The minimum atomic E-state index is 0.563. The van der Waals surface area contributed by atoms with Gasteiger partial charge in [0.25, 0.3) is 0 Å². The lowest BCUT2D eigenvalue weighted by Crippen LogP contribution is -2.43. The standard InChI is InChI=1S/C20H29Cl2NO/c1-2-3-4-10-23-16-5-6-17(23)13-15(12-16)9-11-24-18-7-8-19(21)20(22)14-18/h7-8,14-17H,2-6,9-13H2,1H3. The topological polar surface area (TPSA) is 12.5 Å². The van der Waals surface area contributed by atoms with Crippen molar-refractivity contribution in [1.82, 2.24) is 4.90 Å². The third kappa shape index (κ3) is 4.59. The maximum Gasteiger partial charge on any atom is 0.120 e. The molecular weight excluding hydrogens is 341 g/mol. The molecular formula is C20H29Cl2NO. The molecule has 3 rings (SSSR count). The maximum absolute atomic E-state index is 6.04. The summed E-state index contributed by atoms with van der Waals surface area (Å²) < 4.78 is 5.89. The minimum absolute atomic E-state index is 0.563. The number of ether oxygens (including phenoxy) is 1. The molecule has 4 heteroatoms. The van der Waals surface area contributed by atoms with Gasteiger partial charge in [0.2, 0.25) is 0 Å². The fraction of sp³-hybridized carbons (Fsp3) is 0.700. The van der Waals surface area contributed by atoms with Crippen molar-refractivity contribution in [3.8, 4) is 5.75 Å². The molecule has 2 fully saturated rings. The Hall–Kier alpha value is -0.440. The van der Waals surface area contributed by atoms with Crippen LogP contribution in [0.15, 0.2) is 18.2 Å². The fourth-order valence-corrected chi connectivity index (χ4v) is 4.73. The van der Waals surface area contributed by atoms with Crippen molar-refractivity contribution >= 4 is 23.2 Å². The molecule has 2 bridgehead atoms. The van der Waals surface area contributed by atoms with Crippen LogP contribution in [0.2, 0.25) is 10.0 Å². The smallest absolute Gasteiger partial charge is 0.120 e. The Balaban J connectivity index is 1.42. The quantitative estimate of drug-likeness (QED) is 0.506. The van der Waals surface area contributed by atoms with E-state index in [2.05, 4.69) is 11.8 Å². The van der Waals surface area contributed by atoms with Gasteiger partial charge >= 0.3 is 0 Å². The van der Waals surface area contributed by atoms with Crippen LogP contribution in [-0.4, -0.2) is 30.1 Å². The second kappa shape index (κ2) is 8.78. The van der Waals surface area contributed by atoms with E-state index in [0.29, 0.717) is 10.0 Å². The number of fused-ring (bicyclic) bond motifs is 2. The summed E-state index contributed by atoms with van der Waals surface area (Å²) in [6.07, 6.45) is 10.7. The van der Waals surface area contributed by atoms with E-state index >= 15 is 0 Å². The van der Waals surface area contributed by atoms with Crippen LogP contribution in [0.3, 0.4) is 0 Å². The lowest BCUT2D eigenvalue weighted by Gasteiger charge is -2.39. The first-order valence-electron chi connectivity index (χ1n) is 9.51. The second-order valence-corrected chi connectivity index (χ2v) is 8.19. The highest BCUT2D eigenvalue weighted by atomic mass is 35.5. The number of hydrogen-bond acceptors (Lipinski definition) is 2. The van der Waals surface area contributed by atoms with Gasteiger partial charge in [0.05, 0.1) is 16.7 Å². The number of piperidine rings is 1. The zero-order valence-corrected chi connectivity index (χ0v) is 16.2. The molecule has 0 radical (unpaired) electrons. The SMILES string of the molecule is CCCCCN1C2CCC1CC(CCOc1ccc(Cl)c(Cl)c1)C2. The van der Waals surface area contributed by atoms with Crippen molar-refractivity contribution in [2.75, 3.05) is 13.2 Å². The molecule has 0 aliphatic carbocycles. The lowest BCUT2D eigenvalue weighted by atomic mass is 9.88. The zero-order chi connectivity index (χ0) is 16.9. The fourth-order valence-electron chi connectivity index (χ4n) is 4.44. The number of nitrogens with zero attached hydrogens (tertiary/aromatic N) is 1. The number of benzene rings is 1. The van der Waals surface area contributed by atoms with Gasteiger partial charge in [-0.2, -0.15) is 0 Å². The van der Waals surface area contributed by atoms with Crippen LogP contribution in [0, 0.1) is 5.92 Å². The van der Waals surface area contributed by atoms with E-state index in [9.17, 15) is 0 Å². The summed E-state index contributed by atoms with van der Waals surface area (Å²) in [7, 11) is 0. The molecule has 2 heterocycles. The molecule has 2 unspecified atom stereocenters. The first-order valence-corrected chi connectivity index (χ1v) is 10.3. The van der Waals surface area contributed by atoms with Gasteiger partial charge < -0.3 is 4.74 Å². The molecule has 0 saturated carbocycles. The van der Waals surface area contributed by atoms with Crippen LogP contribution in [0.4, 0.5) is 0 Å². The Morgan fingerprint density at radius 1 is 1.08 bits per heavy atom. The summed E-state index contributed by atoms with van der Waals surface area (Å²) in [6.45, 7) is 4.38. The monoisotopic (exact) mass is 369 g/mol. The number of halogens is 2. The first-order chi connectivity index (χ1) is 11.7. The highest BCUT2D eigenvalue weighted by Crippen LogP contribution is 2.40. The van der Waals surface area contributed by atoms with Crippen molar-refractivity contribution in [3.05, 3.63) is 28.2 Å². The molecule has 2 saturated heterocycles. The van der Waals surface area contributed by atoms with Gasteiger partial charge in [-0.05, 0) is 63.1 Å².